The van der Waals surface area contributed by atoms with Crippen LogP contribution in [0.2, 0.25) is 0 Å². The van der Waals surface area contributed by atoms with Gasteiger partial charge in [0.05, 0.1) is 12.0 Å². The van der Waals surface area contributed by atoms with E-state index in [1.807, 2.05) is 39.9 Å². The van der Waals surface area contributed by atoms with E-state index in [4.69, 9.17) is 0 Å². The fourth-order valence-electron chi connectivity index (χ4n) is 4.23. The predicted molar refractivity (Wildman–Crippen MR) is 98.5 cm³/mol. The quantitative estimate of drug-likeness (QED) is 0.921. The van der Waals surface area contributed by atoms with E-state index in [0.717, 1.165) is 18.4 Å². The molecule has 2 aliphatic rings. The smallest absolute Gasteiger partial charge is 0.227 e. The highest BCUT2D eigenvalue weighted by Gasteiger charge is 2.48. The van der Waals surface area contributed by atoms with Crippen LogP contribution in [0.4, 0.5) is 0 Å². The Hall–Kier alpha value is -2.14. The number of amides is 2. The maximum absolute atomic E-state index is 12.5. The summed E-state index contributed by atoms with van der Waals surface area (Å²) in [6.07, 6.45) is 2.68. The van der Waals surface area contributed by atoms with Crippen LogP contribution >= 0.6 is 11.3 Å². The van der Waals surface area contributed by atoms with Crippen molar-refractivity contribution in [3.63, 3.8) is 0 Å². The third-order valence-electron chi connectivity index (χ3n) is 5.59. The monoisotopic (exact) mass is 354 g/mol. The molecule has 2 amide bonds. The summed E-state index contributed by atoms with van der Waals surface area (Å²) in [4.78, 5) is 26.6. The van der Waals surface area contributed by atoms with E-state index in [-0.39, 0.29) is 23.3 Å². The highest BCUT2D eigenvalue weighted by Crippen LogP contribution is 2.43. The SMILES string of the molecule is O=C1C[C@H](c2ccccc2)C2(CCN(C(=O)Cc3ccsc3)CC2)N1. The molecule has 0 aliphatic carbocycles. The van der Waals surface area contributed by atoms with Crippen molar-refractivity contribution in [3.05, 3.63) is 58.3 Å². The minimum Gasteiger partial charge on any atom is -0.350 e. The summed E-state index contributed by atoms with van der Waals surface area (Å²) in [5.41, 5.74) is 2.11. The van der Waals surface area contributed by atoms with Crippen molar-refractivity contribution in [2.45, 2.75) is 37.1 Å². The van der Waals surface area contributed by atoms with E-state index < -0.39 is 0 Å². The number of nitrogens with one attached hydrogen (secondary N) is 1. The third-order valence-corrected chi connectivity index (χ3v) is 6.32. The molecular formula is C20H22N2O2S. The maximum Gasteiger partial charge on any atom is 0.227 e. The van der Waals surface area contributed by atoms with Crippen molar-refractivity contribution in [1.82, 2.24) is 10.2 Å². The number of carbonyl (C=O) groups is 2. The molecule has 4 rings (SSSR count). The van der Waals surface area contributed by atoms with Gasteiger partial charge in [-0.05, 0) is 40.8 Å². The van der Waals surface area contributed by atoms with Crippen LogP contribution in [0.25, 0.3) is 0 Å². The van der Waals surface area contributed by atoms with Gasteiger partial charge in [0.1, 0.15) is 0 Å². The number of rotatable bonds is 3. The summed E-state index contributed by atoms with van der Waals surface area (Å²) in [5.74, 6) is 0.524. The van der Waals surface area contributed by atoms with Gasteiger partial charge in [0, 0.05) is 25.4 Å². The molecule has 0 bridgehead atoms. The Morgan fingerprint density at radius 1 is 1.20 bits per heavy atom. The van der Waals surface area contributed by atoms with Crippen LogP contribution in [0.15, 0.2) is 47.2 Å². The lowest BCUT2D eigenvalue weighted by Gasteiger charge is -2.43. The largest absolute Gasteiger partial charge is 0.350 e. The Balaban J connectivity index is 1.46. The van der Waals surface area contributed by atoms with Gasteiger partial charge in [0.15, 0.2) is 0 Å². The van der Waals surface area contributed by atoms with E-state index in [1.165, 1.54) is 5.56 Å². The van der Waals surface area contributed by atoms with Crippen LogP contribution in [0, 0.1) is 0 Å². The number of thiophene rings is 1. The van der Waals surface area contributed by atoms with Crippen molar-refractivity contribution < 1.29 is 9.59 Å². The first-order chi connectivity index (χ1) is 12.2. The van der Waals surface area contributed by atoms with Crippen LogP contribution in [-0.2, 0) is 16.0 Å². The Bertz CT molecular complexity index is 749. The van der Waals surface area contributed by atoms with Gasteiger partial charge in [-0.15, -0.1) is 0 Å². The van der Waals surface area contributed by atoms with Crippen molar-refractivity contribution >= 4 is 23.2 Å². The fourth-order valence-corrected chi connectivity index (χ4v) is 4.90. The average Bonchev–Trinajstić information content (AvgIpc) is 3.24. The number of carbonyl (C=O) groups excluding carboxylic acids is 2. The fraction of sp³-hybridized carbons (Fsp3) is 0.400. The Kier molecular flexibility index (Phi) is 4.34. The van der Waals surface area contributed by atoms with Crippen LogP contribution in [0.3, 0.4) is 0 Å². The standard InChI is InChI=1S/C20H22N2O2S/c23-18-13-17(16-4-2-1-3-5-16)20(21-18)7-9-22(10-8-20)19(24)12-15-6-11-25-14-15/h1-6,11,14,17H,7-10,12-13H2,(H,21,23)/t17-/m1/s1. The molecule has 1 atom stereocenters. The third kappa shape index (κ3) is 3.21. The highest BCUT2D eigenvalue weighted by molar-refractivity contribution is 7.08. The zero-order valence-electron chi connectivity index (χ0n) is 14.1. The summed E-state index contributed by atoms with van der Waals surface area (Å²) >= 11 is 1.62. The summed E-state index contributed by atoms with van der Waals surface area (Å²) in [5, 5.41) is 7.29. The number of nitrogens with zero attached hydrogens (tertiary/aromatic N) is 1. The molecule has 1 N–H and O–H groups in total. The predicted octanol–water partition coefficient (Wildman–Crippen LogP) is 2.96. The van der Waals surface area contributed by atoms with E-state index >= 15 is 0 Å². The first-order valence-corrected chi connectivity index (χ1v) is 9.75. The first kappa shape index (κ1) is 16.3. The van der Waals surface area contributed by atoms with E-state index in [9.17, 15) is 9.59 Å². The summed E-state index contributed by atoms with van der Waals surface area (Å²) in [6, 6.07) is 12.3. The second-order valence-corrected chi connectivity index (χ2v) is 7.84. The Morgan fingerprint density at radius 2 is 1.96 bits per heavy atom. The highest BCUT2D eigenvalue weighted by atomic mass is 32.1. The van der Waals surface area contributed by atoms with Crippen molar-refractivity contribution in [2.24, 2.45) is 0 Å². The molecule has 2 saturated heterocycles. The van der Waals surface area contributed by atoms with Gasteiger partial charge >= 0.3 is 0 Å². The van der Waals surface area contributed by atoms with E-state index in [2.05, 4.69) is 17.4 Å². The first-order valence-electron chi connectivity index (χ1n) is 8.81. The summed E-state index contributed by atoms with van der Waals surface area (Å²) in [7, 11) is 0. The molecule has 25 heavy (non-hydrogen) atoms. The summed E-state index contributed by atoms with van der Waals surface area (Å²) in [6.45, 7) is 1.43. The van der Waals surface area contributed by atoms with E-state index in [1.54, 1.807) is 11.3 Å². The number of hydrogen-bond donors (Lipinski definition) is 1. The molecule has 1 aromatic carbocycles. The molecule has 2 fully saturated rings. The number of likely N-dealkylation sites (tertiary alicyclic amines) is 1. The number of piperidine rings is 1. The molecule has 0 saturated carbocycles. The molecule has 2 aliphatic heterocycles. The normalized spacial score (nSPS) is 22.2. The topological polar surface area (TPSA) is 49.4 Å². The van der Waals surface area contributed by atoms with Gasteiger partial charge < -0.3 is 10.2 Å². The molecule has 2 aromatic rings. The molecule has 1 spiro atoms. The molecule has 0 radical (unpaired) electrons. The number of hydrogen-bond acceptors (Lipinski definition) is 3. The molecule has 0 unspecified atom stereocenters. The Morgan fingerprint density at radius 3 is 2.64 bits per heavy atom. The van der Waals surface area contributed by atoms with Crippen LogP contribution in [0.5, 0.6) is 0 Å². The summed E-state index contributed by atoms with van der Waals surface area (Å²) < 4.78 is 0. The minimum absolute atomic E-state index is 0.131. The number of benzene rings is 1. The van der Waals surface area contributed by atoms with Crippen molar-refractivity contribution in [1.29, 1.82) is 0 Å². The molecule has 4 nitrogen and oxygen atoms in total. The lowest BCUT2D eigenvalue weighted by Crippen LogP contribution is -2.54. The van der Waals surface area contributed by atoms with Crippen molar-refractivity contribution in [3.8, 4) is 0 Å². The van der Waals surface area contributed by atoms with Gasteiger partial charge in [-0.2, -0.15) is 11.3 Å². The van der Waals surface area contributed by atoms with Gasteiger partial charge in [-0.1, -0.05) is 30.3 Å². The van der Waals surface area contributed by atoms with Crippen LogP contribution in [-0.4, -0.2) is 35.3 Å². The molecule has 3 heterocycles. The van der Waals surface area contributed by atoms with Crippen LogP contribution < -0.4 is 5.32 Å². The average molecular weight is 354 g/mol. The second-order valence-electron chi connectivity index (χ2n) is 7.06. The lowest BCUT2D eigenvalue weighted by atomic mass is 9.74. The van der Waals surface area contributed by atoms with Gasteiger partial charge in [-0.3, -0.25) is 9.59 Å². The molecule has 5 heteroatoms. The van der Waals surface area contributed by atoms with Gasteiger partial charge in [0.25, 0.3) is 0 Å². The van der Waals surface area contributed by atoms with E-state index in [0.29, 0.717) is 25.9 Å². The Labute approximate surface area is 151 Å². The molecule has 1 aromatic heterocycles. The minimum atomic E-state index is -0.197. The maximum atomic E-state index is 12.5. The zero-order chi connectivity index (χ0) is 17.3. The van der Waals surface area contributed by atoms with Crippen LogP contribution in [0.1, 0.15) is 36.3 Å². The molecular weight excluding hydrogens is 332 g/mol. The van der Waals surface area contributed by atoms with Crippen molar-refractivity contribution in [2.75, 3.05) is 13.1 Å². The molecule has 130 valence electrons. The zero-order valence-corrected chi connectivity index (χ0v) is 14.9. The van der Waals surface area contributed by atoms with Gasteiger partial charge in [0.2, 0.25) is 11.8 Å². The second kappa shape index (κ2) is 6.64. The van der Waals surface area contributed by atoms with Gasteiger partial charge in [-0.25, -0.2) is 0 Å². The lowest BCUT2D eigenvalue weighted by molar-refractivity contribution is -0.132.